The van der Waals surface area contributed by atoms with Gasteiger partial charge in [-0.05, 0) is 47.9 Å². The maximum atomic E-state index is 12.4. The van der Waals surface area contributed by atoms with E-state index in [0.29, 0.717) is 44.4 Å². The number of hydrogen-bond acceptors (Lipinski definition) is 4. The van der Waals surface area contributed by atoms with Crippen molar-refractivity contribution in [2.75, 3.05) is 5.75 Å². The number of aromatic nitrogens is 2. The Morgan fingerprint density at radius 3 is 2.83 bits per heavy atom. The van der Waals surface area contributed by atoms with Crippen LogP contribution in [0.5, 0.6) is 0 Å². The number of rotatable bonds is 2. The van der Waals surface area contributed by atoms with E-state index in [1.165, 1.54) is 6.07 Å². The molecule has 146 valence electrons. The summed E-state index contributed by atoms with van der Waals surface area (Å²) in [5.74, 6) is 0.561. The highest BCUT2D eigenvalue weighted by Crippen LogP contribution is 2.38. The van der Waals surface area contributed by atoms with E-state index in [4.69, 9.17) is 16.6 Å². The second-order valence-electron chi connectivity index (χ2n) is 7.06. The van der Waals surface area contributed by atoms with E-state index < -0.39 is 10.8 Å². The lowest BCUT2D eigenvalue weighted by Gasteiger charge is -2.13. The van der Waals surface area contributed by atoms with E-state index in [-0.39, 0.29) is 5.43 Å². The molecular weight excluding hydrogens is 418 g/mol. The van der Waals surface area contributed by atoms with Gasteiger partial charge in [0.1, 0.15) is 5.65 Å². The van der Waals surface area contributed by atoms with Crippen LogP contribution in [-0.2, 0) is 17.2 Å². The van der Waals surface area contributed by atoms with Crippen molar-refractivity contribution in [1.29, 1.82) is 5.26 Å². The minimum absolute atomic E-state index is 0.136. The number of nitrogens with one attached hydrogen (secondary N) is 1. The van der Waals surface area contributed by atoms with Crippen molar-refractivity contribution in [3.8, 4) is 28.5 Å². The van der Waals surface area contributed by atoms with Gasteiger partial charge in [-0.3, -0.25) is 9.00 Å². The van der Waals surface area contributed by atoms with Crippen LogP contribution >= 0.6 is 11.6 Å². The van der Waals surface area contributed by atoms with E-state index in [0.717, 1.165) is 22.3 Å². The van der Waals surface area contributed by atoms with Gasteiger partial charge < -0.3 is 4.98 Å². The number of benzene rings is 2. The minimum Gasteiger partial charge on any atom is -0.346 e. The maximum absolute atomic E-state index is 12.4. The summed E-state index contributed by atoms with van der Waals surface area (Å²) in [5.41, 5.74) is 4.73. The molecule has 3 heterocycles. The van der Waals surface area contributed by atoms with Crippen molar-refractivity contribution in [2.45, 2.75) is 11.3 Å². The molecule has 30 heavy (non-hydrogen) atoms. The molecule has 0 fully saturated rings. The molecule has 0 amide bonds. The number of nitrogens with zero attached hydrogens (tertiary/aromatic N) is 2. The number of H-pyrrole nitrogens is 1. The Bertz CT molecular complexity index is 1470. The van der Waals surface area contributed by atoms with Crippen LogP contribution in [0.3, 0.4) is 0 Å². The molecule has 4 aromatic rings. The van der Waals surface area contributed by atoms with E-state index in [9.17, 15) is 14.3 Å². The van der Waals surface area contributed by atoms with Gasteiger partial charge in [-0.1, -0.05) is 23.7 Å². The molecule has 1 atom stereocenters. The fourth-order valence-corrected chi connectivity index (χ4v) is 5.66. The zero-order valence-electron chi connectivity index (χ0n) is 15.6. The van der Waals surface area contributed by atoms with Crippen molar-refractivity contribution in [3.05, 3.63) is 81.1 Å². The molecule has 1 aliphatic rings. The summed E-state index contributed by atoms with van der Waals surface area (Å²) in [5, 5.41) is 10.2. The third-order valence-electron chi connectivity index (χ3n) is 5.22. The molecule has 1 unspecified atom stereocenters. The summed E-state index contributed by atoms with van der Waals surface area (Å²) in [6.07, 6.45) is 2.25. The molecule has 1 aliphatic heterocycles. The molecular formula is C23H14ClN3O2S. The van der Waals surface area contributed by atoms with Gasteiger partial charge in [0.2, 0.25) is 0 Å². The Labute approximate surface area is 179 Å². The summed E-state index contributed by atoms with van der Waals surface area (Å²) in [6.45, 7) is 0. The average molecular weight is 432 g/mol. The lowest BCUT2D eigenvalue weighted by molar-refractivity contribution is 0.685. The molecule has 2 aromatic heterocycles. The topological polar surface area (TPSA) is 86.6 Å². The van der Waals surface area contributed by atoms with Crippen LogP contribution in [0.1, 0.15) is 11.1 Å². The smallest absolute Gasteiger partial charge is 0.191 e. The SMILES string of the molecule is N#Cc1cccc(-c2nc3[nH]ccc(=O)c3cc2-c2cc(Cl)c3c(c2)CCS3=O)c1. The number of pyridine rings is 2. The summed E-state index contributed by atoms with van der Waals surface area (Å²) < 4.78 is 12.3. The molecule has 1 N–H and O–H groups in total. The highest BCUT2D eigenvalue weighted by atomic mass is 35.5. The lowest BCUT2D eigenvalue weighted by Crippen LogP contribution is -2.03. The van der Waals surface area contributed by atoms with E-state index in [1.807, 2.05) is 12.1 Å². The summed E-state index contributed by atoms with van der Waals surface area (Å²) in [4.78, 5) is 20.9. The number of hydrogen-bond donors (Lipinski definition) is 1. The third-order valence-corrected chi connectivity index (χ3v) is 7.15. The van der Waals surface area contributed by atoms with Gasteiger partial charge >= 0.3 is 0 Å². The van der Waals surface area contributed by atoms with Crippen LogP contribution in [0.25, 0.3) is 33.4 Å². The summed E-state index contributed by atoms with van der Waals surface area (Å²) in [6, 6.07) is 16.3. The third kappa shape index (κ3) is 3.04. The van der Waals surface area contributed by atoms with Crippen LogP contribution in [0.2, 0.25) is 5.02 Å². The Morgan fingerprint density at radius 1 is 1.13 bits per heavy atom. The van der Waals surface area contributed by atoms with Gasteiger partial charge in [-0.2, -0.15) is 5.26 Å². The molecule has 5 nitrogen and oxygen atoms in total. The fourth-order valence-electron chi connectivity index (χ4n) is 3.82. The van der Waals surface area contributed by atoms with E-state index >= 15 is 0 Å². The quantitative estimate of drug-likeness (QED) is 0.508. The normalized spacial score (nSPS) is 15.1. The number of halogens is 1. The molecule has 0 saturated carbocycles. The second kappa shape index (κ2) is 7.21. The van der Waals surface area contributed by atoms with Gasteiger partial charge in [-0.15, -0.1) is 0 Å². The Hall–Kier alpha value is -3.27. The molecule has 0 saturated heterocycles. The maximum Gasteiger partial charge on any atom is 0.191 e. The monoisotopic (exact) mass is 431 g/mol. The molecule has 0 aliphatic carbocycles. The van der Waals surface area contributed by atoms with Crippen LogP contribution in [0.15, 0.2) is 64.4 Å². The minimum atomic E-state index is -1.08. The molecule has 7 heteroatoms. The second-order valence-corrected chi connectivity index (χ2v) is 8.98. The van der Waals surface area contributed by atoms with Gasteiger partial charge in [0, 0.05) is 29.1 Å². The Kier molecular flexibility index (Phi) is 4.50. The fraction of sp³-hybridized carbons (Fsp3) is 0.0870. The van der Waals surface area contributed by atoms with Crippen molar-refractivity contribution >= 4 is 33.4 Å². The van der Waals surface area contributed by atoms with Gasteiger partial charge in [0.15, 0.2) is 5.43 Å². The standard InChI is InChI=1S/C23H14ClN3O2S/c24-19-10-16(9-15-5-7-30(29)22(15)19)17-11-18-20(28)4-6-26-23(18)27-21(17)14-3-1-2-13(8-14)12-25/h1-4,6,8-11H,5,7H2,(H,26,27,28). The van der Waals surface area contributed by atoms with Gasteiger partial charge in [0.25, 0.3) is 0 Å². The predicted octanol–water partition coefficient (Wildman–Crippen LogP) is 4.45. The first-order valence-corrected chi connectivity index (χ1v) is 11.0. The van der Waals surface area contributed by atoms with Crippen LogP contribution in [0, 0.1) is 11.3 Å². The Balaban J connectivity index is 1.84. The van der Waals surface area contributed by atoms with Crippen LogP contribution in [-0.4, -0.2) is 19.9 Å². The van der Waals surface area contributed by atoms with Crippen molar-refractivity contribution < 1.29 is 4.21 Å². The molecule has 2 aromatic carbocycles. The first kappa shape index (κ1) is 18.7. The average Bonchev–Trinajstić information content (AvgIpc) is 3.14. The molecule has 0 bridgehead atoms. The summed E-state index contributed by atoms with van der Waals surface area (Å²) in [7, 11) is -1.08. The first-order chi connectivity index (χ1) is 14.5. The first-order valence-electron chi connectivity index (χ1n) is 9.29. The van der Waals surface area contributed by atoms with E-state index in [1.54, 1.807) is 36.5 Å². The largest absolute Gasteiger partial charge is 0.346 e. The number of fused-ring (bicyclic) bond motifs is 2. The van der Waals surface area contributed by atoms with Crippen molar-refractivity contribution in [2.24, 2.45) is 0 Å². The number of aryl methyl sites for hydroxylation is 1. The number of nitriles is 1. The van der Waals surface area contributed by atoms with Gasteiger partial charge in [0.05, 0.1) is 43.4 Å². The van der Waals surface area contributed by atoms with E-state index in [2.05, 4.69) is 11.1 Å². The highest BCUT2D eigenvalue weighted by molar-refractivity contribution is 7.85. The van der Waals surface area contributed by atoms with Gasteiger partial charge in [-0.25, -0.2) is 4.98 Å². The molecule has 0 radical (unpaired) electrons. The predicted molar refractivity (Wildman–Crippen MR) is 118 cm³/mol. The van der Waals surface area contributed by atoms with Crippen molar-refractivity contribution in [3.63, 3.8) is 0 Å². The zero-order valence-corrected chi connectivity index (χ0v) is 17.2. The van der Waals surface area contributed by atoms with Crippen LogP contribution < -0.4 is 5.43 Å². The number of aromatic amines is 1. The Morgan fingerprint density at radius 2 is 2.00 bits per heavy atom. The molecule has 0 spiro atoms. The lowest BCUT2D eigenvalue weighted by atomic mass is 9.95. The highest BCUT2D eigenvalue weighted by Gasteiger charge is 2.24. The zero-order chi connectivity index (χ0) is 20.8. The van der Waals surface area contributed by atoms with Crippen LogP contribution in [0.4, 0.5) is 0 Å². The summed E-state index contributed by atoms with van der Waals surface area (Å²) >= 11 is 6.49. The van der Waals surface area contributed by atoms with Crippen molar-refractivity contribution in [1.82, 2.24) is 9.97 Å². The molecule has 5 rings (SSSR count).